The molecule has 0 aliphatic rings. The Balaban J connectivity index is 1.96. The van der Waals surface area contributed by atoms with Crippen LogP contribution in [0.5, 0.6) is 0 Å². The van der Waals surface area contributed by atoms with Crippen LogP contribution in [0, 0.1) is 0 Å². The molecule has 0 heterocycles. The van der Waals surface area contributed by atoms with E-state index in [0.717, 1.165) is 20.9 Å². The van der Waals surface area contributed by atoms with E-state index < -0.39 is 13.0 Å². The van der Waals surface area contributed by atoms with Crippen LogP contribution in [-0.2, 0) is 4.74 Å². The highest BCUT2D eigenvalue weighted by Crippen LogP contribution is 2.23. The number of ether oxygens (including phenoxy) is 1. The highest BCUT2D eigenvalue weighted by molar-refractivity contribution is 9.10. The predicted octanol–water partition coefficient (Wildman–Crippen LogP) is 4.55. The zero-order valence-corrected chi connectivity index (χ0v) is 11.4. The number of hydrogen-bond donors (Lipinski definition) is 1. The Labute approximate surface area is 116 Å². The van der Waals surface area contributed by atoms with Gasteiger partial charge in [-0.05, 0) is 35.0 Å². The summed E-state index contributed by atoms with van der Waals surface area (Å²) < 4.78 is 40.0. The normalized spacial score (nSPS) is 11.8. The second-order valence-electron chi connectivity index (χ2n) is 3.93. The summed E-state index contributed by atoms with van der Waals surface area (Å²) >= 11 is 3.38. The topological polar surface area (TPSA) is 21.3 Å². The van der Waals surface area contributed by atoms with Gasteiger partial charge in [0, 0.05) is 16.7 Å². The van der Waals surface area contributed by atoms with Gasteiger partial charge in [0.1, 0.15) is 0 Å². The van der Waals surface area contributed by atoms with Crippen molar-refractivity contribution in [2.75, 3.05) is 18.5 Å². The number of hydrogen-bond acceptors (Lipinski definition) is 2. The molecule has 0 saturated carbocycles. The molecule has 0 unspecified atom stereocenters. The molecule has 0 radical (unpaired) electrons. The molecule has 0 spiro atoms. The molecule has 0 amide bonds. The average molecular weight is 334 g/mol. The molecular weight excluding hydrogens is 323 g/mol. The van der Waals surface area contributed by atoms with E-state index in [4.69, 9.17) is 0 Å². The molecule has 2 aromatic carbocycles. The Bertz CT molecular complexity index is 571. The number of fused-ring (bicyclic) bond motifs is 1. The van der Waals surface area contributed by atoms with Gasteiger partial charge >= 0.3 is 6.36 Å². The van der Waals surface area contributed by atoms with Crippen molar-refractivity contribution >= 4 is 32.4 Å². The van der Waals surface area contributed by atoms with Crippen LogP contribution in [0.3, 0.4) is 0 Å². The van der Waals surface area contributed by atoms with Crippen molar-refractivity contribution in [1.82, 2.24) is 0 Å². The van der Waals surface area contributed by atoms with Crippen LogP contribution in [0.4, 0.5) is 18.9 Å². The molecule has 102 valence electrons. The van der Waals surface area contributed by atoms with Crippen LogP contribution in [0.2, 0.25) is 0 Å². The number of anilines is 1. The Morgan fingerprint density at radius 1 is 1.05 bits per heavy atom. The van der Waals surface area contributed by atoms with Gasteiger partial charge in [-0.3, -0.25) is 4.74 Å². The maximum absolute atomic E-state index is 11.8. The summed E-state index contributed by atoms with van der Waals surface area (Å²) in [6.07, 6.45) is -4.57. The lowest BCUT2D eigenvalue weighted by atomic mass is 10.1. The van der Waals surface area contributed by atoms with Gasteiger partial charge in [0.25, 0.3) is 0 Å². The Morgan fingerprint density at radius 3 is 2.47 bits per heavy atom. The van der Waals surface area contributed by atoms with Crippen LogP contribution in [0.1, 0.15) is 0 Å². The number of nitrogens with one attached hydrogen (secondary N) is 1. The van der Waals surface area contributed by atoms with Crippen LogP contribution >= 0.6 is 15.9 Å². The fourth-order valence-electron chi connectivity index (χ4n) is 1.69. The van der Waals surface area contributed by atoms with Crippen molar-refractivity contribution in [2.24, 2.45) is 0 Å². The van der Waals surface area contributed by atoms with E-state index in [1.807, 2.05) is 36.4 Å². The molecule has 1 N–H and O–H groups in total. The molecule has 0 aromatic heterocycles. The minimum atomic E-state index is -4.57. The number of halogens is 4. The van der Waals surface area contributed by atoms with E-state index in [-0.39, 0.29) is 6.54 Å². The van der Waals surface area contributed by atoms with E-state index in [2.05, 4.69) is 26.0 Å². The summed E-state index contributed by atoms with van der Waals surface area (Å²) in [5.74, 6) is 0. The predicted molar refractivity (Wildman–Crippen MR) is 72.1 cm³/mol. The second kappa shape index (κ2) is 5.79. The monoisotopic (exact) mass is 333 g/mol. The third-order valence-electron chi connectivity index (χ3n) is 2.50. The van der Waals surface area contributed by atoms with E-state index in [1.165, 1.54) is 0 Å². The summed E-state index contributed by atoms with van der Waals surface area (Å²) in [7, 11) is 0. The molecule has 0 bridgehead atoms. The molecule has 2 rings (SSSR count). The van der Waals surface area contributed by atoms with E-state index in [1.54, 1.807) is 0 Å². The van der Waals surface area contributed by atoms with Crippen LogP contribution in [0.15, 0.2) is 40.9 Å². The molecule has 6 heteroatoms. The smallest absolute Gasteiger partial charge is 0.383 e. The van der Waals surface area contributed by atoms with Gasteiger partial charge in [-0.1, -0.05) is 28.1 Å². The van der Waals surface area contributed by atoms with Gasteiger partial charge in [0.2, 0.25) is 0 Å². The molecule has 0 aliphatic heterocycles. The summed E-state index contributed by atoms with van der Waals surface area (Å²) in [4.78, 5) is 0. The van der Waals surface area contributed by atoms with Crippen molar-refractivity contribution in [2.45, 2.75) is 6.36 Å². The molecule has 2 nitrogen and oxygen atoms in total. The maximum atomic E-state index is 11.8. The van der Waals surface area contributed by atoms with Gasteiger partial charge in [-0.15, -0.1) is 13.2 Å². The first-order chi connectivity index (χ1) is 8.94. The third-order valence-corrected chi connectivity index (χ3v) is 2.99. The van der Waals surface area contributed by atoms with Gasteiger partial charge in [-0.2, -0.15) is 0 Å². The zero-order chi connectivity index (χ0) is 13.9. The SMILES string of the molecule is FC(F)(F)OCCNc1ccc2cc(Br)ccc2c1. The summed E-state index contributed by atoms with van der Waals surface area (Å²) in [6, 6.07) is 11.5. The number of alkyl halides is 3. The molecule has 2 aromatic rings. The standard InChI is InChI=1S/C13H11BrF3NO/c14-11-3-1-10-8-12(4-2-9(10)7-11)18-5-6-19-13(15,16)17/h1-4,7-8,18H,5-6H2. The first-order valence-electron chi connectivity index (χ1n) is 5.58. The highest BCUT2D eigenvalue weighted by atomic mass is 79.9. The minimum absolute atomic E-state index is 0.0988. The summed E-state index contributed by atoms with van der Waals surface area (Å²) in [5.41, 5.74) is 0.764. The average Bonchev–Trinajstić information content (AvgIpc) is 2.33. The molecule has 0 atom stereocenters. The van der Waals surface area contributed by atoms with Crippen molar-refractivity contribution in [3.63, 3.8) is 0 Å². The van der Waals surface area contributed by atoms with E-state index >= 15 is 0 Å². The number of benzene rings is 2. The minimum Gasteiger partial charge on any atom is -0.383 e. The fraction of sp³-hybridized carbons (Fsp3) is 0.231. The first kappa shape index (κ1) is 14.1. The van der Waals surface area contributed by atoms with Crippen LogP contribution in [-0.4, -0.2) is 19.5 Å². The fourth-order valence-corrected chi connectivity index (χ4v) is 2.07. The van der Waals surface area contributed by atoms with Crippen LogP contribution < -0.4 is 5.32 Å². The third kappa shape index (κ3) is 4.40. The molecule has 0 saturated heterocycles. The van der Waals surface area contributed by atoms with Crippen molar-refractivity contribution in [1.29, 1.82) is 0 Å². The molecule has 19 heavy (non-hydrogen) atoms. The zero-order valence-electron chi connectivity index (χ0n) is 9.80. The molecule has 0 fully saturated rings. The Morgan fingerprint density at radius 2 is 1.74 bits per heavy atom. The van der Waals surface area contributed by atoms with E-state index in [9.17, 15) is 13.2 Å². The lowest BCUT2D eigenvalue weighted by Gasteiger charge is -2.10. The maximum Gasteiger partial charge on any atom is 0.522 e. The first-order valence-corrected chi connectivity index (χ1v) is 6.37. The largest absolute Gasteiger partial charge is 0.522 e. The van der Waals surface area contributed by atoms with Gasteiger partial charge in [0.15, 0.2) is 0 Å². The van der Waals surface area contributed by atoms with Crippen molar-refractivity contribution < 1.29 is 17.9 Å². The number of rotatable bonds is 4. The van der Waals surface area contributed by atoms with Crippen molar-refractivity contribution in [3.05, 3.63) is 40.9 Å². The van der Waals surface area contributed by atoms with Crippen molar-refractivity contribution in [3.8, 4) is 0 Å². The summed E-state index contributed by atoms with van der Waals surface area (Å²) in [5, 5.41) is 4.97. The second-order valence-corrected chi connectivity index (χ2v) is 4.84. The lowest BCUT2D eigenvalue weighted by Crippen LogP contribution is -2.19. The quantitative estimate of drug-likeness (QED) is 0.829. The Hall–Kier alpha value is -1.27. The van der Waals surface area contributed by atoms with E-state index in [0.29, 0.717) is 0 Å². The Kier molecular flexibility index (Phi) is 4.31. The van der Waals surface area contributed by atoms with Gasteiger partial charge < -0.3 is 5.32 Å². The lowest BCUT2D eigenvalue weighted by molar-refractivity contribution is -0.322. The highest BCUT2D eigenvalue weighted by Gasteiger charge is 2.28. The summed E-state index contributed by atoms with van der Waals surface area (Å²) in [6.45, 7) is -0.316. The molecule has 0 aliphatic carbocycles. The van der Waals surface area contributed by atoms with Crippen LogP contribution in [0.25, 0.3) is 10.8 Å². The van der Waals surface area contributed by atoms with Gasteiger partial charge in [0.05, 0.1) is 6.61 Å². The molecular formula is C13H11BrF3NO. The van der Waals surface area contributed by atoms with Gasteiger partial charge in [-0.25, -0.2) is 0 Å².